The maximum absolute atomic E-state index is 14.7. The van der Waals surface area contributed by atoms with Gasteiger partial charge in [0.25, 0.3) is 5.91 Å². The second kappa shape index (κ2) is 6.76. The van der Waals surface area contributed by atoms with Crippen molar-refractivity contribution in [2.45, 2.75) is 19.0 Å². The summed E-state index contributed by atoms with van der Waals surface area (Å²) in [6.07, 6.45) is 3.27. The Bertz CT molecular complexity index is 1090. The molecule has 1 aromatic carbocycles. The summed E-state index contributed by atoms with van der Waals surface area (Å²) in [5, 5.41) is 3.17. The number of amides is 1. The van der Waals surface area contributed by atoms with Gasteiger partial charge in [0, 0.05) is 23.6 Å². The van der Waals surface area contributed by atoms with Crippen LogP contribution in [0.25, 0.3) is 0 Å². The predicted molar refractivity (Wildman–Crippen MR) is 106 cm³/mol. The normalized spacial score (nSPS) is 18.3. The Hall–Kier alpha value is -3.19. The first kappa shape index (κ1) is 18.2. The van der Waals surface area contributed by atoms with E-state index in [1.54, 1.807) is 12.1 Å². The van der Waals surface area contributed by atoms with Gasteiger partial charge in [-0.1, -0.05) is 11.6 Å². The Labute approximate surface area is 165 Å². The molecule has 6 nitrogen and oxygen atoms in total. The standard InChI is InChI=1S/C20H17ClFN5O/c1-20(11-27-8-2-3-17(27)18(23)26-20)14-9-13(5-6-15(14)22)25-19(28)16-7-4-12(21)10-24-16/h2-10H,11H2,1H3,(H2,23,26)(H,25,28)/t20-/m0/s1. The zero-order valence-corrected chi connectivity index (χ0v) is 15.7. The molecule has 0 aliphatic carbocycles. The second-order valence-corrected chi connectivity index (χ2v) is 7.24. The molecule has 3 aromatic rings. The van der Waals surface area contributed by atoms with E-state index in [-0.39, 0.29) is 5.69 Å². The van der Waals surface area contributed by atoms with E-state index in [1.165, 1.54) is 24.4 Å². The number of hydrogen-bond donors (Lipinski definition) is 2. The van der Waals surface area contributed by atoms with Gasteiger partial charge in [0.15, 0.2) is 0 Å². The van der Waals surface area contributed by atoms with Gasteiger partial charge in [0.2, 0.25) is 0 Å². The van der Waals surface area contributed by atoms with Gasteiger partial charge < -0.3 is 15.6 Å². The van der Waals surface area contributed by atoms with E-state index in [4.69, 9.17) is 17.3 Å². The number of fused-ring (bicyclic) bond motifs is 1. The molecule has 8 heteroatoms. The number of nitrogens with two attached hydrogens (primary N) is 1. The molecule has 1 aliphatic rings. The third-order valence-corrected chi connectivity index (χ3v) is 4.93. The first-order valence-corrected chi connectivity index (χ1v) is 8.97. The summed E-state index contributed by atoms with van der Waals surface area (Å²) in [4.78, 5) is 20.9. The summed E-state index contributed by atoms with van der Waals surface area (Å²) < 4.78 is 16.6. The van der Waals surface area contributed by atoms with Crippen LogP contribution in [0.1, 0.15) is 28.7 Å². The molecule has 1 atom stereocenters. The van der Waals surface area contributed by atoms with Gasteiger partial charge >= 0.3 is 0 Å². The lowest BCUT2D eigenvalue weighted by molar-refractivity contribution is 0.102. The van der Waals surface area contributed by atoms with Crippen LogP contribution in [0.2, 0.25) is 5.02 Å². The van der Waals surface area contributed by atoms with Crippen molar-refractivity contribution in [3.05, 3.63) is 82.6 Å². The molecule has 0 saturated heterocycles. The summed E-state index contributed by atoms with van der Waals surface area (Å²) in [7, 11) is 0. The topological polar surface area (TPSA) is 85.3 Å². The monoisotopic (exact) mass is 397 g/mol. The van der Waals surface area contributed by atoms with Gasteiger partial charge in [-0.05, 0) is 49.4 Å². The molecular weight excluding hydrogens is 381 g/mol. The number of carbonyl (C=O) groups excluding carboxylic acids is 1. The van der Waals surface area contributed by atoms with Crippen LogP contribution in [0.15, 0.2) is 59.9 Å². The SMILES string of the molecule is C[C@@]1(c2cc(NC(=O)c3ccc(Cl)cn3)ccc2F)Cn2cccc2C(N)=N1. The summed E-state index contributed by atoms with van der Waals surface area (Å²) >= 11 is 5.80. The van der Waals surface area contributed by atoms with Crippen molar-refractivity contribution in [2.24, 2.45) is 10.7 Å². The summed E-state index contributed by atoms with van der Waals surface area (Å²) in [6, 6.07) is 11.2. The lowest BCUT2D eigenvalue weighted by Gasteiger charge is -2.32. The quantitative estimate of drug-likeness (QED) is 0.708. The number of anilines is 1. The summed E-state index contributed by atoms with van der Waals surface area (Å²) in [5.41, 5.74) is 6.96. The highest BCUT2D eigenvalue weighted by Crippen LogP contribution is 2.35. The number of carbonyl (C=O) groups is 1. The largest absolute Gasteiger partial charge is 0.382 e. The van der Waals surface area contributed by atoms with E-state index in [1.807, 2.05) is 29.8 Å². The lowest BCUT2D eigenvalue weighted by atomic mass is 9.90. The van der Waals surface area contributed by atoms with Crippen molar-refractivity contribution in [1.82, 2.24) is 9.55 Å². The fourth-order valence-corrected chi connectivity index (χ4v) is 3.45. The Morgan fingerprint density at radius 2 is 2.14 bits per heavy atom. The molecular formula is C20H17ClFN5O. The maximum atomic E-state index is 14.7. The smallest absolute Gasteiger partial charge is 0.274 e. The maximum Gasteiger partial charge on any atom is 0.274 e. The van der Waals surface area contributed by atoms with Crippen LogP contribution >= 0.6 is 11.6 Å². The number of amidine groups is 1. The van der Waals surface area contributed by atoms with E-state index in [0.29, 0.717) is 28.7 Å². The van der Waals surface area contributed by atoms with E-state index >= 15 is 0 Å². The minimum absolute atomic E-state index is 0.207. The third kappa shape index (κ3) is 3.25. The van der Waals surface area contributed by atoms with E-state index < -0.39 is 17.3 Å². The van der Waals surface area contributed by atoms with Gasteiger partial charge in [0.05, 0.1) is 17.3 Å². The number of aromatic nitrogens is 2. The minimum Gasteiger partial charge on any atom is -0.382 e. The molecule has 3 N–H and O–H groups in total. The summed E-state index contributed by atoms with van der Waals surface area (Å²) in [5.74, 6) is -0.492. The van der Waals surface area contributed by atoms with Gasteiger partial charge in [0.1, 0.15) is 22.9 Å². The van der Waals surface area contributed by atoms with Crippen LogP contribution in [0.3, 0.4) is 0 Å². The van der Waals surface area contributed by atoms with E-state index in [9.17, 15) is 9.18 Å². The highest BCUT2D eigenvalue weighted by molar-refractivity contribution is 6.30. The van der Waals surface area contributed by atoms with Crippen LogP contribution in [0, 0.1) is 5.82 Å². The van der Waals surface area contributed by atoms with E-state index in [2.05, 4.69) is 15.3 Å². The third-order valence-electron chi connectivity index (χ3n) is 4.70. The van der Waals surface area contributed by atoms with Crippen molar-refractivity contribution in [2.75, 3.05) is 5.32 Å². The molecule has 0 unspecified atom stereocenters. The number of halogens is 2. The molecule has 0 spiro atoms. The molecule has 1 aliphatic heterocycles. The number of hydrogen-bond acceptors (Lipinski definition) is 4. The first-order chi connectivity index (χ1) is 13.4. The number of rotatable bonds is 3. The average Bonchev–Trinajstić information content (AvgIpc) is 3.12. The number of benzene rings is 1. The van der Waals surface area contributed by atoms with Gasteiger partial charge in [-0.2, -0.15) is 0 Å². The van der Waals surface area contributed by atoms with Crippen LogP contribution in [-0.4, -0.2) is 21.3 Å². The number of aliphatic imine (C=N–C) groups is 1. The number of nitrogens with one attached hydrogen (secondary N) is 1. The molecule has 0 bridgehead atoms. The molecule has 4 rings (SSSR count). The van der Waals surface area contributed by atoms with Crippen LogP contribution in [-0.2, 0) is 12.1 Å². The molecule has 0 saturated carbocycles. The Kier molecular flexibility index (Phi) is 4.39. The Morgan fingerprint density at radius 3 is 2.89 bits per heavy atom. The van der Waals surface area contributed by atoms with Crippen molar-refractivity contribution in [3.8, 4) is 0 Å². The predicted octanol–water partition coefficient (Wildman–Crippen LogP) is 3.56. The van der Waals surface area contributed by atoms with Gasteiger partial charge in [-0.3, -0.25) is 9.79 Å². The molecule has 2 aromatic heterocycles. The summed E-state index contributed by atoms with van der Waals surface area (Å²) in [6.45, 7) is 2.25. The molecule has 3 heterocycles. The molecule has 28 heavy (non-hydrogen) atoms. The van der Waals surface area contributed by atoms with E-state index in [0.717, 1.165) is 5.69 Å². The highest BCUT2D eigenvalue weighted by atomic mass is 35.5. The van der Waals surface area contributed by atoms with Crippen molar-refractivity contribution >= 4 is 29.0 Å². The number of nitrogens with zero attached hydrogens (tertiary/aromatic N) is 3. The Morgan fingerprint density at radius 1 is 1.32 bits per heavy atom. The zero-order chi connectivity index (χ0) is 19.9. The fourth-order valence-electron chi connectivity index (χ4n) is 3.34. The minimum atomic E-state index is -0.903. The molecule has 0 fully saturated rings. The molecule has 1 amide bonds. The second-order valence-electron chi connectivity index (χ2n) is 6.80. The van der Waals surface area contributed by atoms with Crippen LogP contribution in [0.5, 0.6) is 0 Å². The van der Waals surface area contributed by atoms with Gasteiger partial charge in [-0.15, -0.1) is 0 Å². The lowest BCUT2D eigenvalue weighted by Crippen LogP contribution is -2.37. The number of pyridine rings is 1. The van der Waals surface area contributed by atoms with Crippen molar-refractivity contribution < 1.29 is 9.18 Å². The fraction of sp³-hybridized carbons (Fsp3) is 0.150. The first-order valence-electron chi connectivity index (χ1n) is 8.59. The molecule has 0 radical (unpaired) electrons. The van der Waals surface area contributed by atoms with Gasteiger partial charge in [-0.25, -0.2) is 9.37 Å². The van der Waals surface area contributed by atoms with Crippen LogP contribution in [0.4, 0.5) is 10.1 Å². The average molecular weight is 398 g/mol. The van der Waals surface area contributed by atoms with Crippen LogP contribution < -0.4 is 11.1 Å². The Balaban J connectivity index is 1.65. The zero-order valence-electron chi connectivity index (χ0n) is 15.0. The highest BCUT2D eigenvalue weighted by Gasteiger charge is 2.34. The van der Waals surface area contributed by atoms with Crippen molar-refractivity contribution in [1.29, 1.82) is 0 Å². The van der Waals surface area contributed by atoms with Crippen molar-refractivity contribution in [3.63, 3.8) is 0 Å². The molecule has 142 valence electrons.